The van der Waals surface area contributed by atoms with Crippen molar-refractivity contribution in [3.05, 3.63) is 41.6 Å². The topological polar surface area (TPSA) is 38.0 Å². The van der Waals surface area contributed by atoms with E-state index in [1.807, 2.05) is 42.9 Å². The number of rotatable bonds is 3. The number of hydrogen-bond donors (Lipinski definition) is 1. The average Bonchev–Trinajstić information content (AvgIpc) is 2.58. The molecule has 1 atom stereocenters. The zero-order valence-electron chi connectivity index (χ0n) is 10.2. The molecule has 4 heteroatoms. The minimum atomic E-state index is -0.409. The maximum Gasteiger partial charge on any atom is 0.0986 e. The molecule has 0 amide bonds. The lowest BCUT2D eigenvalue weighted by Crippen LogP contribution is -1.92. The summed E-state index contributed by atoms with van der Waals surface area (Å²) in [5, 5.41) is 14.9. The van der Waals surface area contributed by atoms with Crippen LogP contribution in [0.5, 0.6) is 0 Å². The summed E-state index contributed by atoms with van der Waals surface area (Å²) < 4.78 is 1.88. The van der Waals surface area contributed by atoms with Crippen LogP contribution in [0.4, 0.5) is 0 Å². The van der Waals surface area contributed by atoms with Gasteiger partial charge in [-0.25, -0.2) is 0 Å². The predicted molar refractivity (Wildman–Crippen MR) is 69.1 cm³/mol. The van der Waals surface area contributed by atoms with Crippen molar-refractivity contribution in [2.75, 3.05) is 0 Å². The molecule has 17 heavy (non-hydrogen) atoms. The highest BCUT2D eigenvalue weighted by Gasteiger charge is 2.05. The SMILES string of the molecule is Cc1cc(Sc2ccc(C(C)O)cc2)n(C)n1. The van der Waals surface area contributed by atoms with E-state index in [4.69, 9.17) is 0 Å². The molecule has 0 aliphatic heterocycles. The maximum absolute atomic E-state index is 9.43. The summed E-state index contributed by atoms with van der Waals surface area (Å²) in [5.41, 5.74) is 1.96. The summed E-state index contributed by atoms with van der Waals surface area (Å²) in [6.07, 6.45) is -0.409. The molecule has 1 unspecified atom stereocenters. The van der Waals surface area contributed by atoms with Gasteiger partial charge in [0.15, 0.2) is 0 Å². The summed E-state index contributed by atoms with van der Waals surface area (Å²) in [4.78, 5) is 1.15. The Balaban J connectivity index is 2.16. The van der Waals surface area contributed by atoms with E-state index in [-0.39, 0.29) is 0 Å². The van der Waals surface area contributed by atoms with Crippen molar-refractivity contribution in [2.24, 2.45) is 7.05 Å². The lowest BCUT2D eigenvalue weighted by molar-refractivity contribution is 0.199. The molecule has 1 aromatic carbocycles. The molecule has 1 N–H and O–H groups in total. The van der Waals surface area contributed by atoms with Gasteiger partial charge in [-0.15, -0.1) is 0 Å². The highest BCUT2D eigenvalue weighted by Crippen LogP contribution is 2.28. The summed E-state index contributed by atoms with van der Waals surface area (Å²) in [7, 11) is 1.94. The number of hydrogen-bond acceptors (Lipinski definition) is 3. The molecule has 0 spiro atoms. The van der Waals surface area contributed by atoms with Gasteiger partial charge >= 0.3 is 0 Å². The second-order valence-corrected chi connectivity index (χ2v) is 5.19. The van der Waals surface area contributed by atoms with Crippen LogP contribution < -0.4 is 0 Å². The molecule has 0 aliphatic rings. The summed E-state index contributed by atoms with van der Waals surface area (Å²) in [6.45, 7) is 3.76. The number of aliphatic hydroxyl groups is 1. The lowest BCUT2D eigenvalue weighted by atomic mass is 10.1. The second-order valence-electron chi connectivity index (χ2n) is 4.09. The van der Waals surface area contributed by atoms with E-state index in [2.05, 4.69) is 11.2 Å². The molecule has 3 nitrogen and oxygen atoms in total. The van der Waals surface area contributed by atoms with Crippen molar-refractivity contribution in [1.82, 2.24) is 9.78 Å². The van der Waals surface area contributed by atoms with Gasteiger partial charge in [0.1, 0.15) is 0 Å². The first kappa shape index (κ1) is 12.2. The van der Waals surface area contributed by atoms with Crippen molar-refractivity contribution in [1.29, 1.82) is 0 Å². The Morgan fingerprint density at radius 2 is 1.94 bits per heavy atom. The van der Waals surface area contributed by atoms with Gasteiger partial charge in [-0.05, 0) is 37.6 Å². The molecular weight excluding hydrogens is 232 g/mol. The lowest BCUT2D eigenvalue weighted by Gasteiger charge is -2.06. The molecule has 1 heterocycles. The fraction of sp³-hybridized carbons (Fsp3) is 0.308. The van der Waals surface area contributed by atoms with E-state index in [1.54, 1.807) is 18.7 Å². The van der Waals surface area contributed by atoms with Gasteiger partial charge < -0.3 is 5.11 Å². The molecule has 0 fully saturated rings. The zero-order chi connectivity index (χ0) is 12.4. The molecule has 1 aromatic heterocycles. The van der Waals surface area contributed by atoms with Crippen molar-refractivity contribution in [3.63, 3.8) is 0 Å². The Hall–Kier alpha value is -1.26. The molecular formula is C13H16N2OS. The van der Waals surface area contributed by atoms with Crippen molar-refractivity contribution in [3.8, 4) is 0 Å². The second kappa shape index (κ2) is 4.94. The van der Waals surface area contributed by atoms with Crippen LogP contribution in [0.3, 0.4) is 0 Å². The fourth-order valence-corrected chi connectivity index (χ4v) is 2.53. The van der Waals surface area contributed by atoms with E-state index in [1.165, 1.54) is 0 Å². The van der Waals surface area contributed by atoms with Gasteiger partial charge in [-0.2, -0.15) is 5.10 Å². The van der Waals surface area contributed by atoms with Gasteiger partial charge in [0.25, 0.3) is 0 Å². The minimum Gasteiger partial charge on any atom is -0.389 e. The van der Waals surface area contributed by atoms with Gasteiger partial charge in [0, 0.05) is 11.9 Å². The van der Waals surface area contributed by atoms with Crippen LogP contribution in [0, 0.1) is 6.92 Å². The number of benzene rings is 1. The Morgan fingerprint density at radius 3 is 2.41 bits per heavy atom. The normalized spacial score (nSPS) is 12.7. The van der Waals surface area contributed by atoms with Crippen molar-refractivity contribution >= 4 is 11.8 Å². The van der Waals surface area contributed by atoms with E-state index >= 15 is 0 Å². The van der Waals surface area contributed by atoms with Crippen LogP contribution in [0.1, 0.15) is 24.3 Å². The Kier molecular flexibility index (Phi) is 3.54. The molecule has 90 valence electrons. The summed E-state index contributed by atoms with van der Waals surface area (Å²) in [6, 6.07) is 10.0. The van der Waals surface area contributed by atoms with Crippen LogP contribution in [0.2, 0.25) is 0 Å². The highest BCUT2D eigenvalue weighted by atomic mass is 32.2. The Labute approximate surface area is 105 Å². The predicted octanol–water partition coefficient (Wildman–Crippen LogP) is 2.93. The Morgan fingerprint density at radius 1 is 1.29 bits per heavy atom. The van der Waals surface area contributed by atoms with Gasteiger partial charge in [0.05, 0.1) is 16.8 Å². The molecule has 0 saturated carbocycles. The summed E-state index contributed by atoms with van der Waals surface area (Å²) >= 11 is 1.67. The van der Waals surface area contributed by atoms with E-state index in [9.17, 15) is 5.11 Å². The summed E-state index contributed by atoms with van der Waals surface area (Å²) in [5.74, 6) is 0. The van der Waals surface area contributed by atoms with Crippen LogP contribution in [0.15, 0.2) is 40.3 Å². The largest absolute Gasteiger partial charge is 0.389 e. The average molecular weight is 248 g/mol. The van der Waals surface area contributed by atoms with Crippen molar-refractivity contribution in [2.45, 2.75) is 29.9 Å². The smallest absolute Gasteiger partial charge is 0.0986 e. The molecule has 0 bridgehead atoms. The third kappa shape index (κ3) is 2.90. The fourth-order valence-electron chi connectivity index (χ4n) is 1.62. The van der Waals surface area contributed by atoms with Gasteiger partial charge in [-0.3, -0.25) is 4.68 Å². The van der Waals surface area contributed by atoms with E-state index in [0.29, 0.717) is 0 Å². The minimum absolute atomic E-state index is 0.409. The first-order chi connectivity index (χ1) is 8.06. The van der Waals surface area contributed by atoms with Crippen LogP contribution in [-0.4, -0.2) is 14.9 Å². The quantitative estimate of drug-likeness (QED) is 0.907. The molecule has 2 rings (SSSR count). The standard InChI is InChI=1S/C13H16N2OS/c1-9-8-13(15(3)14-9)17-12-6-4-11(5-7-12)10(2)16/h4-8,10,16H,1-3H3. The Bertz CT molecular complexity index is 503. The maximum atomic E-state index is 9.43. The van der Waals surface area contributed by atoms with Gasteiger partial charge in [0.2, 0.25) is 0 Å². The van der Waals surface area contributed by atoms with Crippen LogP contribution in [-0.2, 0) is 7.05 Å². The number of nitrogens with zero attached hydrogens (tertiary/aromatic N) is 2. The first-order valence-electron chi connectivity index (χ1n) is 5.53. The van der Waals surface area contributed by atoms with E-state index < -0.39 is 6.10 Å². The monoisotopic (exact) mass is 248 g/mol. The number of aliphatic hydroxyl groups excluding tert-OH is 1. The molecule has 0 aliphatic carbocycles. The third-order valence-electron chi connectivity index (χ3n) is 2.54. The van der Waals surface area contributed by atoms with E-state index in [0.717, 1.165) is 21.2 Å². The van der Waals surface area contributed by atoms with Crippen LogP contribution in [0.25, 0.3) is 0 Å². The number of aromatic nitrogens is 2. The number of aryl methyl sites for hydroxylation is 2. The molecule has 0 saturated heterocycles. The molecule has 0 radical (unpaired) electrons. The van der Waals surface area contributed by atoms with Gasteiger partial charge in [-0.1, -0.05) is 23.9 Å². The highest BCUT2D eigenvalue weighted by molar-refractivity contribution is 7.99. The molecule has 2 aromatic rings. The van der Waals surface area contributed by atoms with Crippen LogP contribution >= 0.6 is 11.8 Å². The first-order valence-corrected chi connectivity index (χ1v) is 6.34. The third-order valence-corrected chi connectivity index (χ3v) is 3.64. The van der Waals surface area contributed by atoms with Crippen molar-refractivity contribution < 1.29 is 5.11 Å². The zero-order valence-corrected chi connectivity index (χ0v) is 11.0.